The van der Waals surface area contributed by atoms with Gasteiger partial charge in [-0.25, -0.2) is 8.42 Å². The number of sulfonamides is 1. The predicted molar refractivity (Wildman–Crippen MR) is 162 cm³/mol. The zero-order chi connectivity index (χ0) is 29.6. The molecule has 0 aliphatic heterocycles. The van der Waals surface area contributed by atoms with Crippen LogP contribution in [0.1, 0.15) is 25.3 Å². The number of pyridine rings is 1. The summed E-state index contributed by atoms with van der Waals surface area (Å²) < 4.78 is 34.3. The number of rotatable bonds is 13. The topological polar surface area (TPSA) is 118 Å². The molecule has 41 heavy (non-hydrogen) atoms. The Kier molecular flexibility index (Phi) is 9.41. The van der Waals surface area contributed by atoms with Gasteiger partial charge in [-0.1, -0.05) is 18.2 Å². The van der Waals surface area contributed by atoms with Gasteiger partial charge in [0.2, 0.25) is 10.0 Å². The average Bonchev–Trinajstić information content (AvgIpc) is 2.96. The Labute approximate surface area is 240 Å². The minimum atomic E-state index is -3.91. The van der Waals surface area contributed by atoms with Crippen molar-refractivity contribution in [2.75, 3.05) is 38.0 Å². The van der Waals surface area contributed by atoms with Crippen molar-refractivity contribution in [1.29, 1.82) is 0 Å². The normalized spacial score (nSPS) is 12.3. The van der Waals surface area contributed by atoms with Gasteiger partial charge in [0.25, 0.3) is 5.69 Å². The Morgan fingerprint density at radius 1 is 1.05 bits per heavy atom. The first-order valence-electron chi connectivity index (χ1n) is 13.3. The maximum absolute atomic E-state index is 13.7. The van der Waals surface area contributed by atoms with Crippen molar-refractivity contribution in [3.05, 3.63) is 94.7 Å². The molecule has 216 valence electrons. The van der Waals surface area contributed by atoms with Crippen LogP contribution in [0, 0.1) is 10.1 Å². The molecular weight excluding hydrogens is 542 g/mol. The average molecular weight is 578 g/mol. The fourth-order valence-electron chi connectivity index (χ4n) is 4.58. The molecule has 0 fully saturated rings. The Hall–Kier alpha value is -4.22. The van der Waals surface area contributed by atoms with E-state index in [4.69, 9.17) is 4.74 Å². The molecule has 1 N–H and O–H groups in total. The molecule has 0 radical (unpaired) electrons. The van der Waals surface area contributed by atoms with Crippen LogP contribution in [0.2, 0.25) is 0 Å². The molecule has 0 spiro atoms. The van der Waals surface area contributed by atoms with Gasteiger partial charge in [-0.3, -0.25) is 15.1 Å². The summed E-state index contributed by atoms with van der Waals surface area (Å²) in [6.07, 6.45) is 3.03. The van der Waals surface area contributed by atoms with E-state index >= 15 is 0 Å². The molecule has 0 saturated heterocycles. The highest BCUT2D eigenvalue weighted by atomic mass is 32.2. The second-order valence-electron chi connectivity index (χ2n) is 10.1. The summed E-state index contributed by atoms with van der Waals surface area (Å²) >= 11 is 0. The molecule has 0 amide bonds. The van der Waals surface area contributed by atoms with Gasteiger partial charge < -0.3 is 15.0 Å². The molecule has 0 aliphatic rings. The van der Waals surface area contributed by atoms with Gasteiger partial charge in [-0.2, -0.15) is 4.31 Å². The van der Waals surface area contributed by atoms with Gasteiger partial charge in [0.15, 0.2) is 0 Å². The number of anilines is 2. The fourth-order valence-corrected chi connectivity index (χ4v) is 6.05. The van der Waals surface area contributed by atoms with Crippen molar-refractivity contribution in [1.82, 2.24) is 9.29 Å². The number of hydrogen-bond donors (Lipinski definition) is 1. The van der Waals surface area contributed by atoms with E-state index in [1.807, 2.05) is 74.4 Å². The third-order valence-corrected chi connectivity index (χ3v) is 8.72. The summed E-state index contributed by atoms with van der Waals surface area (Å²) in [5, 5.41) is 15.6. The van der Waals surface area contributed by atoms with E-state index < -0.39 is 14.9 Å². The van der Waals surface area contributed by atoms with Gasteiger partial charge >= 0.3 is 0 Å². The van der Waals surface area contributed by atoms with E-state index in [0.717, 1.165) is 33.6 Å². The molecule has 1 unspecified atom stereocenters. The van der Waals surface area contributed by atoms with Gasteiger partial charge in [-0.05, 0) is 61.7 Å². The number of benzene rings is 3. The van der Waals surface area contributed by atoms with E-state index in [0.29, 0.717) is 12.8 Å². The number of ether oxygens (including phenoxy) is 1. The molecule has 0 aliphatic carbocycles. The maximum atomic E-state index is 13.7. The predicted octanol–water partition coefficient (Wildman–Crippen LogP) is 5.69. The van der Waals surface area contributed by atoms with Crippen molar-refractivity contribution in [3.8, 4) is 5.75 Å². The minimum absolute atomic E-state index is 0.0214. The van der Waals surface area contributed by atoms with E-state index in [-0.39, 0.29) is 29.7 Å². The first kappa shape index (κ1) is 29.8. The number of nitro benzene ring substituents is 1. The number of non-ortho nitro benzene ring substituents is 1. The number of methoxy groups -OCH3 is 1. The number of nitrogens with one attached hydrogen (secondary N) is 1. The molecule has 3 aromatic carbocycles. The Bertz CT molecular complexity index is 1590. The van der Waals surface area contributed by atoms with Crippen LogP contribution in [0.15, 0.2) is 83.9 Å². The van der Waals surface area contributed by atoms with Crippen LogP contribution in [0.5, 0.6) is 5.75 Å². The Morgan fingerprint density at radius 2 is 1.76 bits per heavy atom. The molecule has 4 aromatic rings. The SMILES string of the molecule is COc1cc(NC(C)CCCN(Cc2ccc(N(C)C)cc2)S(=O)(=O)c2ccc([N+](=O)[O-])cc2)c2ncccc2c1. The van der Waals surface area contributed by atoms with E-state index in [1.165, 1.54) is 28.6 Å². The summed E-state index contributed by atoms with van der Waals surface area (Å²) in [5.41, 5.74) is 3.39. The Balaban J connectivity index is 1.51. The highest BCUT2D eigenvalue weighted by Gasteiger charge is 2.25. The number of fused-ring (bicyclic) bond motifs is 1. The molecule has 0 saturated carbocycles. The zero-order valence-electron chi connectivity index (χ0n) is 23.6. The standard InChI is InChI=1S/C30H35N5O5S/c1-22(32-29-20-27(40-4)19-24-8-5-17-31-30(24)29)7-6-18-34(21-23-9-11-25(12-10-23)33(2)3)41(38,39)28-15-13-26(14-16-28)35(36)37/h5,8-17,19-20,22,32H,6-7,18,21H2,1-4H3. The van der Waals surface area contributed by atoms with E-state index in [9.17, 15) is 18.5 Å². The van der Waals surface area contributed by atoms with Crippen LogP contribution in [-0.2, 0) is 16.6 Å². The lowest BCUT2D eigenvalue weighted by Gasteiger charge is -2.24. The van der Waals surface area contributed by atoms with Crippen LogP contribution < -0.4 is 15.0 Å². The summed E-state index contributed by atoms with van der Waals surface area (Å²) in [5.74, 6) is 0.723. The lowest BCUT2D eigenvalue weighted by Crippen LogP contribution is -2.32. The van der Waals surface area contributed by atoms with Crippen LogP contribution >= 0.6 is 0 Å². The number of nitrogens with zero attached hydrogens (tertiary/aromatic N) is 4. The van der Waals surface area contributed by atoms with Gasteiger partial charge in [0.05, 0.1) is 28.1 Å². The first-order valence-corrected chi connectivity index (χ1v) is 14.7. The van der Waals surface area contributed by atoms with Crippen molar-refractivity contribution in [3.63, 3.8) is 0 Å². The van der Waals surface area contributed by atoms with E-state index in [1.54, 1.807) is 13.3 Å². The monoisotopic (exact) mass is 577 g/mol. The molecule has 0 bridgehead atoms. The summed E-state index contributed by atoms with van der Waals surface area (Å²) in [6.45, 7) is 2.50. The fraction of sp³-hybridized carbons (Fsp3) is 0.300. The molecule has 1 heterocycles. The highest BCUT2D eigenvalue weighted by molar-refractivity contribution is 7.89. The number of hydrogen-bond acceptors (Lipinski definition) is 8. The summed E-state index contributed by atoms with van der Waals surface area (Å²) in [6, 6.07) is 20.5. The third-order valence-electron chi connectivity index (χ3n) is 6.86. The second-order valence-corrected chi connectivity index (χ2v) is 12.0. The summed E-state index contributed by atoms with van der Waals surface area (Å²) in [4.78, 5) is 17.0. The minimum Gasteiger partial charge on any atom is -0.497 e. The zero-order valence-corrected chi connectivity index (χ0v) is 24.5. The van der Waals surface area contributed by atoms with Gasteiger partial charge in [0, 0.05) is 68.7 Å². The van der Waals surface area contributed by atoms with Crippen molar-refractivity contribution < 1.29 is 18.1 Å². The third kappa shape index (κ3) is 7.30. The van der Waals surface area contributed by atoms with Crippen LogP contribution in [0.3, 0.4) is 0 Å². The van der Waals surface area contributed by atoms with Crippen LogP contribution in [-0.4, -0.2) is 56.4 Å². The number of aromatic nitrogens is 1. The molecule has 1 atom stereocenters. The lowest BCUT2D eigenvalue weighted by atomic mass is 10.1. The van der Waals surface area contributed by atoms with Crippen LogP contribution in [0.4, 0.5) is 17.1 Å². The summed E-state index contributed by atoms with van der Waals surface area (Å²) in [7, 11) is 1.60. The number of nitro groups is 1. The largest absolute Gasteiger partial charge is 0.497 e. The van der Waals surface area contributed by atoms with Crippen molar-refractivity contribution in [2.24, 2.45) is 0 Å². The molecular formula is C30H35N5O5S. The maximum Gasteiger partial charge on any atom is 0.269 e. The molecule has 10 nitrogen and oxygen atoms in total. The second kappa shape index (κ2) is 13.0. The quantitative estimate of drug-likeness (QED) is 0.159. The first-order chi connectivity index (χ1) is 19.6. The van der Waals surface area contributed by atoms with E-state index in [2.05, 4.69) is 10.3 Å². The van der Waals surface area contributed by atoms with Crippen molar-refractivity contribution >= 4 is 38.0 Å². The molecule has 1 aromatic heterocycles. The lowest BCUT2D eigenvalue weighted by molar-refractivity contribution is -0.384. The molecule has 11 heteroatoms. The van der Waals surface area contributed by atoms with Gasteiger partial charge in [-0.15, -0.1) is 0 Å². The van der Waals surface area contributed by atoms with Gasteiger partial charge in [0.1, 0.15) is 5.75 Å². The smallest absolute Gasteiger partial charge is 0.269 e. The van der Waals surface area contributed by atoms with Crippen LogP contribution in [0.25, 0.3) is 10.9 Å². The highest BCUT2D eigenvalue weighted by Crippen LogP contribution is 2.29. The van der Waals surface area contributed by atoms with Crippen molar-refractivity contribution in [2.45, 2.75) is 37.2 Å². The molecule has 4 rings (SSSR count). The Morgan fingerprint density at radius 3 is 2.39 bits per heavy atom.